The second-order valence-corrected chi connectivity index (χ2v) is 8.89. The number of benzene rings is 3. The zero-order valence-corrected chi connectivity index (χ0v) is 20.4. The first-order chi connectivity index (χ1) is 18.5. The Kier molecular flexibility index (Phi) is 5.86. The molecule has 0 fully saturated rings. The highest BCUT2D eigenvalue weighted by atomic mass is 35.5. The standard InChI is InChI=1S/C29H18ClFN4O3/c30-23-15-18(7-10-24(23)31)35-16-22(27(36)20-3-1-2-4-25(20)35)29(37)34-17-5-8-19(9-6-17)38-26-12-14-33-28-21(26)11-13-32-28/h1-16H,(H,32,33)(H,34,37). The summed E-state index contributed by atoms with van der Waals surface area (Å²) in [4.78, 5) is 33.7. The number of aromatic nitrogens is 3. The fourth-order valence-electron chi connectivity index (χ4n) is 4.24. The molecule has 0 unspecified atom stereocenters. The summed E-state index contributed by atoms with van der Waals surface area (Å²) in [6.45, 7) is 0. The van der Waals surface area contributed by atoms with Crippen molar-refractivity contribution in [2.45, 2.75) is 0 Å². The van der Waals surface area contributed by atoms with Gasteiger partial charge in [-0.25, -0.2) is 9.37 Å². The molecule has 3 aromatic carbocycles. The summed E-state index contributed by atoms with van der Waals surface area (Å²) >= 11 is 6.00. The lowest BCUT2D eigenvalue weighted by molar-refractivity contribution is 0.102. The van der Waals surface area contributed by atoms with E-state index in [2.05, 4.69) is 15.3 Å². The molecular weight excluding hydrogens is 507 g/mol. The number of fused-ring (bicyclic) bond motifs is 2. The van der Waals surface area contributed by atoms with E-state index in [9.17, 15) is 14.0 Å². The highest BCUT2D eigenvalue weighted by molar-refractivity contribution is 6.30. The highest BCUT2D eigenvalue weighted by Gasteiger charge is 2.17. The van der Waals surface area contributed by atoms with Crippen LogP contribution in [0.5, 0.6) is 11.5 Å². The molecule has 0 bridgehead atoms. The molecule has 0 saturated carbocycles. The Hall–Kier alpha value is -4.95. The van der Waals surface area contributed by atoms with Crippen LogP contribution in [0, 0.1) is 5.82 Å². The molecule has 6 aromatic rings. The fourth-order valence-corrected chi connectivity index (χ4v) is 4.42. The van der Waals surface area contributed by atoms with Gasteiger partial charge in [0, 0.05) is 35.4 Å². The normalized spacial score (nSPS) is 11.1. The molecule has 0 spiro atoms. The number of nitrogens with one attached hydrogen (secondary N) is 2. The van der Waals surface area contributed by atoms with Crippen LogP contribution in [0.2, 0.25) is 5.02 Å². The van der Waals surface area contributed by atoms with E-state index in [1.165, 1.54) is 24.4 Å². The van der Waals surface area contributed by atoms with Crippen LogP contribution in [0.15, 0.2) is 102 Å². The first-order valence-electron chi connectivity index (χ1n) is 11.6. The van der Waals surface area contributed by atoms with Crippen LogP contribution in [0.3, 0.4) is 0 Å². The number of hydrogen-bond acceptors (Lipinski definition) is 4. The third-order valence-electron chi connectivity index (χ3n) is 6.10. The third kappa shape index (κ3) is 4.27. The summed E-state index contributed by atoms with van der Waals surface area (Å²) in [6.07, 6.45) is 4.88. The molecule has 0 aliphatic heterocycles. The minimum absolute atomic E-state index is 0.0670. The molecule has 3 heterocycles. The van der Waals surface area contributed by atoms with Crippen LogP contribution < -0.4 is 15.5 Å². The number of ether oxygens (including phenoxy) is 1. The average molecular weight is 525 g/mol. The van der Waals surface area contributed by atoms with Crippen LogP contribution >= 0.6 is 11.6 Å². The minimum Gasteiger partial charge on any atom is -0.457 e. The van der Waals surface area contributed by atoms with E-state index >= 15 is 0 Å². The van der Waals surface area contributed by atoms with Gasteiger partial charge in [-0.05, 0) is 66.7 Å². The molecule has 0 aliphatic carbocycles. The van der Waals surface area contributed by atoms with E-state index in [-0.39, 0.29) is 10.6 Å². The Morgan fingerprint density at radius 3 is 2.63 bits per heavy atom. The van der Waals surface area contributed by atoms with Crippen molar-refractivity contribution in [1.82, 2.24) is 14.5 Å². The van der Waals surface area contributed by atoms with E-state index in [0.29, 0.717) is 33.8 Å². The molecule has 0 atom stereocenters. The van der Waals surface area contributed by atoms with Crippen molar-refractivity contribution >= 4 is 45.1 Å². The maximum Gasteiger partial charge on any atom is 0.261 e. The van der Waals surface area contributed by atoms with Crippen LogP contribution in [0.25, 0.3) is 27.6 Å². The van der Waals surface area contributed by atoms with Gasteiger partial charge >= 0.3 is 0 Å². The highest BCUT2D eigenvalue weighted by Crippen LogP contribution is 2.29. The van der Waals surface area contributed by atoms with Crippen molar-refractivity contribution in [3.05, 3.63) is 124 Å². The van der Waals surface area contributed by atoms with Crippen LogP contribution in [0.4, 0.5) is 10.1 Å². The zero-order valence-electron chi connectivity index (χ0n) is 19.6. The lowest BCUT2D eigenvalue weighted by Crippen LogP contribution is -2.23. The number of aromatic amines is 1. The van der Waals surface area contributed by atoms with Gasteiger partial charge in [0.2, 0.25) is 5.43 Å². The number of rotatable bonds is 5. The Labute approximate surface area is 220 Å². The summed E-state index contributed by atoms with van der Waals surface area (Å²) in [5, 5.41) is 3.90. The third-order valence-corrected chi connectivity index (χ3v) is 6.39. The number of pyridine rings is 2. The molecule has 9 heteroatoms. The van der Waals surface area contributed by atoms with Crippen LogP contribution in [0.1, 0.15) is 10.4 Å². The Bertz CT molecular complexity index is 1900. The van der Waals surface area contributed by atoms with Crippen LogP contribution in [-0.2, 0) is 0 Å². The molecule has 0 saturated heterocycles. The average Bonchev–Trinajstić information content (AvgIpc) is 3.42. The van der Waals surface area contributed by atoms with Gasteiger partial charge in [-0.3, -0.25) is 9.59 Å². The van der Waals surface area contributed by atoms with E-state index in [4.69, 9.17) is 16.3 Å². The second-order valence-electron chi connectivity index (χ2n) is 8.49. The maximum absolute atomic E-state index is 13.8. The van der Waals surface area contributed by atoms with Crippen molar-refractivity contribution in [3.63, 3.8) is 0 Å². The van der Waals surface area contributed by atoms with Crippen molar-refractivity contribution < 1.29 is 13.9 Å². The van der Waals surface area contributed by atoms with Crippen molar-refractivity contribution in [2.75, 3.05) is 5.32 Å². The van der Waals surface area contributed by atoms with Gasteiger partial charge in [0.15, 0.2) is 0 Å². The molecule has 38 heavy (non-hydrogen) atoms. The molecule has 3 aromatic heterocycles. The molecule has 0 aliphatic rings. The molecule has 1 amide bonds. The van der Waals surface area contributed by atoms with E-state index in [1.54, 1.807) is 71.6 Å². The number of hydrogen-bond donors (Lipinski definition) is 2. The number of anilines is 1. The monoisotopic (exact) mass is 524 g/mol. The maximum atomic E-state index is 13.8. The molecule has 186 valence electrons. The van der Waals surface area contributed by atoms with Crippen molar-refractivity contribution in [1.29, 1.82) is 0 Å². The van der Waals surface area contributed by atoms with Gasteiger partial charge in [0.1, 0.15) is 28.5 Å². The largest absolute Gasteiger partial charge is 0.457 e. The predicted molar refractivity (Wildman–Crippen MR) is 145 cm³/mol. The Balaban J connectivity index is 1.30. The number of para-hydroxylation sites is 1. The molecule has 2 N–H and O–H groups in total. The lowest BCUT2D eigenvalue weighted by Gasteiger charge is -2.14. The molecule has 0 radical (unpaired) electrons. The Morgan fingerprint density at radius 2 is 1.82 bits per heavy atom. The second kappa shape index (κ2) is 9.49. The summed E-state index contributed by atoms with van der Waals surface area (Å²) in [5.41, 5.74) is 1.77. The van der Waals surface area contributed by atoms with Gasteiger partial charge in [-0.15, -0.1) is 0 Å². The number of nitrogens with zero attached hydrogens (tertiary/aromatic N) is 2. The van der Waals surface area contributed by atoms with Crippen LogP contribution in [-0.4, -0.2) is 20.4 Å². The first kappa shape index (κ1) is 23.4. The minimum atomic E-state index is -0.584. The topological polar surface area (TPSA) is 89.0 Å². The van der Waals surface area contributed by atoms with E-state index < -0.39 is 17.2 Å². The number of H-pyrrole nitrogens is 1. The molecular formula is C29H18ClFN4O3. The van der Waals surface area contributed by atoms with Gasteiger partial charge in [-0.1, -0.05) is 23.7 Å². The van der Waals surface area contributed by atoms with Gasteiger partial charge in [0.25, 0.3) is 5.91 Å². The SMILES string of the molecule is O=C(Nc1ccc(Oc2ccnc3[nH]ccc23)cc1)c1cn(-c2ccc(F)c(Cl)c2)c2ccccc2c1=O. The smallest absolute Gasteiger partial charge is 0.261 e. The fraction of sp³-hybridized carbons (Fsp3) is 0. The van der Waals surface area contributed by atoms with Gasteiger partial charge in [-0.2, -0.15) is 0 Å². The molecule has 6 rings (SSSR count). The number of carbonyl (C=O) groups is 1. The summed E-state index contributed by atoms with van der Waals surface area (Å²) in [6, 6.07) is 21.5. The lowest BCUT2D eigenvalue weighted by atomic mass is 10.1. The van der Waals surface area contributed by atoms with Gasteiger partial charge < -0.3 is 19.6 Å². The summed E-state index contributed by atoms with van der Waals surface area (Å²) < 4.78 is 21.4. The quantitative estimate of drug-likeness (QED) is 0.262. The number of amides is 1. The van der Waals surface area contributed by atoms with Crippen molar-refractivity contribution in [2.24, 2.45) is 0 Å². The predicted octanol–water partition coefficient (Wildman–Crippen LogP) is 6.70. The first-order valence-corrected chi connectivity index (χ1v) is 12.0. The summed E-state index contributed by atoms with van der Waals surface area (Å²) in [7, 11) is 0. The summed E-state index contributed by atoms with van der Waals surface area (Å²) in [5.74, 6) is 0.0655. The Morgan fingerprint density at radius 1 is 1.00 bits per heavy atom. The van der Waals surface area contributed by atoms with Gasteiger partial charge in [0.05, 0.1) is 15.9 Å². The van der Waals surface area contributed by atoms with E-state index in [0.717, 1.165) is 11.0 Å². The van der Waals surface area contributed by atoms with Crippen molar-refractivity contribution in [3.8, 4) is 17.2 Å². The van der Waals surface area contributed by atoms with E-state index in [1.807, 2.05) is 6.07 Å². The number of carbonyl (C=O) groups excluding carboxylic acids is 1. The molecule has 7 nitrogen and oxygen atoms in total. The zero-order chi connectivity index (χ0) is 26.2. The number of halogens is 2.